The van der Waals surface area contributed by atoms with Gasteiger partial charge in [-0.25, -0.2) is 14.4 Å². The van der Waals surface area contributed by atoms with Crippen molar-refractivity contribution >= 4 is 61.0 Å². The summed E-state index contributed by atoms with van der Waals surface area (Å²) in [5.41, 5.74) is 1.60. The SMILES string of the molecule is COC(=O)[C@H](OC(=O)[C@H](OC)c1c2ccccc2cc2ccccc12)[C@H](OC(=O)[C@H](OC)c1c2ccccc2cc2ccccc12)c1ccccc1. The van der Waals surface area contributed by atoms with Crippen LogP contribution in [0.1, 0.15) is 35.0 Å². The summed E-state index contributed by atoms with van der Waals surface area (Å²) in [7, 11) is 4.01. The van der Waals surface area contributed by atoms with Gasteiger partial charge in [0.15, 0.2) is 18.3 Å². The van der Waals surface area contributed by atoms with Crippen molar-refractivity contribution in [3.63, 3.8) is 0 Å². The van der Waals surface area contributed by atoms with E-state index in [9.17, 15) is 14.4 Å². The smallest absolute Gasteiger partial charge is 0.351 e. The van der Waals surface area contributed by atoms with Crippen molar-refractivity contribution in [3.8, 4) is 0 Å². The van der Waals surface area contributed by atoms with E-state index in [1.54, 1.807) is 30.3 Å². The summed E-state index contributed by atoms with van der Waals surface area (Å²) in [5.74, 6) is -2.57. The average Bonchev–Trinajstić information content (AvgIpc) is 3.19. The average molecular weight is 693 g/mol. The minimum absolute atomic E-state index is 0.404. The van der Waals surface area contributed by atoms with Gasteiger partial charge in [0.05, 0.1) is 7.11 Å². The van der Waals surface area contributed by atoms with Crippen molar-refractivity contribution in [2.45, 2.75) is 24.4 Å². The van der Waals surface area contributed by atoms with Crippen molar-refractivity contribution < 1.29 is 38.1 Å². The second-order valence-corrected chi connectivity index (χ2v) is 12.3. The lowest BCUT2D eigenvalue weighted by molar-refractivity contribution is -0.190. The molecule has 0 saturated heterocycles. The van der Waals surface area contributed by atoms with E-state index >= 15 is 0 Å². The largest absolute Gasteiger partial charge is 0.466 e. The first-order valence-corrected chi connectivity index (χ1v) is 16.8. The zero-order valence-corrected chi connectivity index (χ0v) is 28.9. The first kappa shape index (κ1) is 34.4. The molecule has 0 bridgehead atoms. The molecule has 0 spiro atoms. The Morgan fingerprint density at radius 3 is 1.19 bits per heavy atom. The Morgan fingerprint density at radius 2 is 0.808 bits per heavy atom. The van der Waals surface area contributed by atoms with E-state index in [1.165, 1.54) is 21.3 Å². The van der Waals surface area contributed by atoms with Gasteiger partial charge in [-0.3, -0.25) is 0 Å². The van der Waals surface area contributed by atoms with E-state index in [1.807, 2.05) is 103 Å². The lowest BCUT2D eigenvalue weighted by Crippen LogP contribution is -2.39. The fourth-order valence-electron chi connectivity index (χ4n) is 7.00. The predicted molar refractivity (Wildman–Crippen MR) is 200 cm³/mol. The molecule has 0 aliphatic heterocycles. The van der Waals surface area contributed by atoms with Crippen molar-refractivity contribution in [3.05, 3.63) is 156 Å². The lowest BCUT2D eigenvalue weighted by Gasteiger charge is -2.29. The molecule has 0 aromatic heterocycles. The highest BCUT2D eigenvalue weighted by Gasteiger charge is 2.41. The third kappa shape index (κ3) is 6.46. The first-order chi connectivity index (χ1) is 25.4. The number of benzene rings is 7. The van der Waals surface area contributed by atoms with Gasteiger partial charge >= 0.3 is 17.9 Å². The highest BCUT2D eigenvalue weighted by atomic mass is 16.6. The summed E-state index contributed by atoms with van der Waals surface area (Å²) >= 11 is 0. The van der Waals surface area contributed by atoms with Gasteiger partial charge in [0.1, 0.15) is 0 Å². The number of rotatable bonds is 11. The number of ether oxygens (including phenoxy) is 5. The number of carbonyl (C=O) groups is 3. The summed E-state index contributed by atoms with van der Waals surface area (Å²) in [6, 6.07) is 43.5. The molecule has 0 aliphatic carbocycles. The zero-order valence-electron chi connectivity index (χ0n) is 28.9. The number of esters is 3. The zero-order chi connectivity index (χ0) is 36.2. The molecule has 0 fully saturated rings. The standard InChI is InChI=1S/C44H36O8/c1-48-39(36-32-21-11-7-17-28(32)25-29-18-8-12-22-33(29)36)43(46)51-38(27-15-5-4-6-16-27)41(42(45)50-3)52-44(47)40(49-2)37-34-23-13-9-19-30(34)26-31-20-10-14-24-35(31)37/h4-26,38-41H,1-3H3/t38-,39-,40-,41-/m1/s1. The highest BCUT2D eigenvalue weighted by Crippen LogP contribution is 2.38. The molecule has 4 atom stereocenters. The molecule has 0 N–H and O–H groups in total. The molecule has 8 heteroatoms. The van der Waals surface area contributed by atoms with Crippen molar-refractivity contribution in [1.82, 2.24) is 0 Å². The van der Waals surface area contributed by atoms with Crippen molar-refractivity contribution in [2.75, 3.05) is 21.3 Å². The van der Waals surface area contributed by atoms with Crippen LogP contribution in [0.3, 0.4) is 0 Å². The Kier molecular flexibility index (Phi) is 9.93. The summed E-state index contributed by atoms with van der Waals surface area (Å²) in [5, 5.41) is 6.82. The first-order valence-electron chi connectivity index (χ1n) is 16.8. The van der Waals surface area contributed by atoms with Crippen LogP contribution in [0.4, 0.5) is 0 Å². The maximum Gasteiger partial charge on any atom is 0.351 e. The van der Waals surface area contributed by atoms with Gasteiger partial charge in [-0.05, 0) is 60.8 Å². The van der Waals surface area contributed by atoms with Crippen LogP contribution >= 0.6 is 0 Å². The monoisotopic (exact) mass is 692 g/mol. The molecule has 0 radical (unpaired) electrons. The van der Waals surface area contributed by atoms with Gasteiger partial charge in [0, 0.05) is 25.3 Å². The molecule has 7 aromatic rings. The van der Waals surface area contributed by atoms with E-state index < -0.39 is 42.3 Å². The fourth-order valence-corrected chi connectivity index (χ4v) is 7.00. The Bertz CT molecular complexity index is 2310. The molecule has 0 aliphatic rings. The van der Waals surface area contributed by atoms with Gasteiger partial charge in [-0.15, -0.1) is 0 Å². The van der Waals surface area contributed by atoms with Crippen LogP contribution in [-0.2, 0) is 38.1 Å². The second kappa shape index (κ2) is 15.0. The van der Waals surface area contributed by atoms with Crippen LogP contribution in [0.5, 0.6) is 0 Å². The molecule has 52 heavy (non-hydrogen) atoms. The minimum atomic E-state index is -1.70. The molecule has 0 saturated carbocycles. The normalized spacial score (nSPS) is 13.8. The Hall–Kier alpha value is -6.09. The van der Waals surface area contributed by atoms with Crippen LogP contribution < -0.4 is 0 Å². The van der Waals surface area contributed by atoms with E-state index in [0.29, 0.717) is 16.7 Å². The molecule has 0 heterocycles. The molecule has 7 rings (SSSR count). The molecule has 260 valence electrons. The van der Waals surface area contributed by atoms with Crippen molar-refractivity contribution in [2.24, 2.45) is 0 Å². The second-order valence-electron chi connectivity index (χ2n) is 12.3. The van der Waals surface area contributed by atoms with Crippen LogP contribution in [0.25, 0.3) is 43.1 Å². The molecule has 0 unspecified atom stereocenters. The third-order valence-electron chi connectivity index (χ3n) is 9.37. The lowest BCUT2D eigenvalue weighted by atomic mass is 9.93. The van der Waals surface area contributed by atoms with Crippen LogP contribution in [-0.4, -0.2) is 45.3 Å². The molecular formula is C44H36O8. The molecule has 8 nitrogen and oxygen atoms in total. The summed E-state index contributed by atoms with van der Waals surface area (Å²) < 4.78 is 29.1. The number of fused-ring (bicyclic) bond motifs is 4. The summed E-state index contributed by atoms with van der Waals surface area (Å²) in [6.45, 7) is 0. The fraction of sp³-hybridized carbons (Fsp3) is 0.159. The Labute approximate surface area is 300 Å². The molecule has 7 aromatic carbocycles. The maximum atomic E-state index is 14.4. The molecular weight excluding hydrogens is 656 g/mol. The van der Waals surface area contributed by atoms with Gasteiger partial charge in [0.2, 0.25) is 6.10 Å². The number of carbonyl (C=O) groups excluding carboxylic acids is 3. The summed E-state index contributed by atoms with van der Waals surface area (Å²) in [4.78, 5) is 42.3. The van der Waals surface area contributed by atoms with E-state index in [-0.39, 0.29) is 0 Å². The number of hydrogen-bond acceptors (Lipinski definition) is 8. The molecule has 0 amide bonds. The number of methoxy groups -OCH3 is 3. The van der Waals surface area contributed by atoms with Crippen LogP contribution in [0, 0.1) is 0 Å². The van der Waals surface area contributed by atoms with Gasteiger partial charge in [-0.1, -0.05) is 127 Å². The van der Waals surface area contributed by atoms with E-state index in [4.69, 9.17) is 23.7 Å². The van der Waals surface area contributed by atoms with Gasteiger partial charge < -0.3 is 23.7 Å². The highest BCUT2D eigenvalue weighted by molar-refractivity contribution is 6.06. The quantitative estimate of drug-likeness (QED) is 0.0755. The van der Waals surface area contributed by atoms with Crippen LogP contribution in [0.2, 0.25) is 0 Å². The Morgan fingerprint density at radius 1 is 0.442 bits per heavy atom. The predicted octanol–water partition coefficient (Wildman–Crippen LogP) is 8.74. The van der Waals surface area contributed by atoms with E-state index in [0.717, 1.165) is 43.1 Å². The Balaban J connectivity index is 1.29. The van der Waals surface area contributed by atoms with E-state index in [2.05, 4.69) is 6.07 Å². The topological polar surface area (TPSA) is 97.4 Å². The van der Waals surface area contributed by atoms with Gasteiger partial charge in [0.25, 0.3) is 0 Å². The van der Waals surface area contributed by atoms with Crippen molar-refractivity contribution in [1.29, 1.82) is 0 Å². The number of hydrogen-bond donors (Lipinski definition) is 0. The maximum absolute atomic E-state index is 14.4. The third-order valence-corrected chi connectivity index (χ3v) is 9.37. The summed E-state index contributed by atoms with van der Waals surface area (Å²) in [6.07, 6.45) is -5.57. The van der Waals surface area contributed by atoms with Gasteiger partial charge in [-0.2, -0.15) is 0 Å². The minimum Gasteiger partial charge on any atom is -0.466 e. The van der Waals surface area contributed by atoms with Crippen LogP contribution in [0.15, 0.2) is 140 Å².